The van der Waals surface area contributed by atoms with Crippen LogP contribution in [0.2, 0.25) is 0 Å². The molecule has 0 nitrogen and oxygen atoms in total. The van der Waals surface area contributed by atoms with E-state index in [1.165, 1.54) is 19.3 Å². The third kappa shape index (κ3) is 5.16. The highest BCUT2D eigenvalue weighted by molar-refractivity contribution is 7.99. The summed E-state index contributed by atoms with van der Waals surface area (Å²) in [5.41, 5.74) is 0. The lowest BCUT2D eigenvalue weighted by molar-refractivity contribution is 0.541. The summed E-state index contributed by atoms with van der Waals surface area (Å²) in [5.74, 6) is 0.876. The van der Waals surface area contributed by atoms with Crippen LogP contribution in [0.15, 0.2) is 0 Å². The highest BCUT2D eigenvalue weighted by Crippen LogP contribution is 2.18. The Bertz CT molecular complexity index is 65.1. The molecule has 0 saturated carbocycles. The van der Waals surface area contributed by atoms with Crippen LogP contribution in [0.1, 0.15) is 40.0 Å². The van der Waals surface area contributed by atoms with Crippen LogP contribution in [0.25, 0.3) is 0 Å². The fourth-order valence-corrected chi connectivity index (χ4v) is 1.71. The first-order valence-electron chi connectivity index (χ1n) is 4.23. The lowest BCUT2D eigenvalue weighted by Crippen LogP contribution is -2.01. The third-order valence-electron chi connectivity index (χ3n) is 1.85. The summed E-state index contributed by atoms with van der Waals surface area (Å²) in [5, 5.41) is 0.905. The molecule has 0 aliphatic carbocycles. The summed E-state index contributed by atoms with van der Waals surface area (Å²) < 4.78 is 0. The summed E-state index contributed by atoms with van der Waals surface area (Å²) in [6, 6.07) is 0. The number of rotatable bonds is 5. The van der Waals surface area contributed by atoms with Gasteiger partial charge in [0.1, 0.15) is 0 Å². The van der Waals surface area contributed by atoms with Gasteiger partial charge in [-0.3, -0.25) is 0 Å². The molecule has 0 aromatic carbocycles. The summed E-state index contributed by atoms with van der Waals surface area (Å²) in [7, 11) is 0. The molecular weight excluding hydrogens is 140 g/mol. The Hall–Kier alpha value is 0.350. The van der Waals surface area contributed by atoms with Crippen molar-refractivity contribution in [3.63, 3.8) is 0 Å². The summed E-state index contributed by atoms with van der Waals surface area (Å²) in [4.78, 5) is 0. The van der Waals surface area contributed by atoms with Crippen LogP contribution >= 0.6 is 11.8 Å². The van der Waals surface area contributed by atoms with Gasteiger partial charge in [0, 0.05) is 5.25 Å². The molecule has 0 aromatic rings. The van der Waals surface area contributed by atoms with Crippen LogP contribution in [-0.4, -0.2) is 11.5 Å². The number of thioether (sulfide) groups is 1. The standard InChI is InChI=1S/C9H20S/c1-5-9(10-4)7-6-8(2)3/h8-9H,5-7H2,1-4H3. The monoisotopic (exact) mass is 160 g/mol. The smallest absolute Gasteiger partial charge is 0.00417 e. The predicted octanol–water partition coefficient (Wildman–Crippen LogP) is 3.56. The fraction of sp³-hybridized carbons (Fsp3) is 1.00. The van der Waals surface area contributed by atoms with Crippen molar-refractivity contribution >= 4 is 11.8 Å². The average molecular weight is 160 g/mol. The Kier molecular flexibility index (Phi) is 6.30. The molecule has 1 unspecified atom stereocenters. The van der Waals surface area contributed by atoms with E-state index in [0.717, 1.165) is 11.2 Å². The van der Waals surface area contributed by atoms with Gasteiger partial charge in [-0.1, -0.05) is 20.8 Å². The molecule has 0 fully saturated rings. The topological polar surface area (TPSA) is 0 Å². The average Bonchev–Trinajstić information content (AvgIpc) is 1.90. The molecule has 0 rings (SSSR count). The Balaban J connectivity index is 3.26. The van der Waals surface area contributed by atoms with E-state index < -0.39 is 0 Å². The van der Waals surface area contributed by atoms with E-state index in [0.29, 0.717) is 0 Å². The Morgan fingerprint density at radius 1 is 1.20 bits per heavy atom. The Labute approximate surface area is 69.8 Å². The van der Waals surface area contributed by atoms with Crippen molar-refractivity contribution in [2.45, 2.75) is 45.3 Å². The molecule has 0 heterocycles. The molecule has 0 aliphatic rings. The molecule has 0 N–H and O–H groups in total. The van der Waals surface area contributed by atoms with Crippen molar-refractivity contribution in [3.8, 4) is 0 Å². The maximum Gasteiger partial charge on any atom is 0.00417 e. The van der Waals surface area contributed by atoms with E-state index in [1.807, 2.05) is 11.8 Å². The third-order valence-corrected chi connectivity index (χ3v) is 3.09. The summed E-state index contributed by atoms with van der Waals surface area (Å²) in [6.07, 6.45) is 6.33. The molecular formula is C9H20S. The maximum absolute atomic E-state index is 2.30. The van der Waals surface area contributed by atoms with E-state index in [2.05, 4.69) is 27.0 Å². The molecule has 1 atom stereocenters. The quantitative estimate of drug-likeness (QED) is 0.592. The van der Waals surface area contributed by atoms with Crippen LogP contribution in [0, 0.1) is 5.92 Å². The second-order valence-corrected chi connectivity index (χ2v) is 4.38. The fourth-order valence-electron chi connectivity index (χ4n) is 1.01. The van der Waals surface area contributed by atoms with Gasteiger partial charge in [0.25, 0.3) is 0 Å². The SMILES string of the molecule is CCC(CCC(C)C)SC. The van der Waals surface area contributed by atoms with E-state index in [1.54, 1.807) is 0 Å². The van der Waals surface area contributed by atoms with Crippen molar-refractivity contribution in [1.82, 2.24) is 0 Å². The van der Waals surface area contributed by atoms with Crippen molar-refractivity contribution in [2.24, 2.45) is 5.92 Å². The molecule has 0 aromatic heterocycles. The number of hydrogen-bond donors (Lipinski definition) is 0. The van der Waals surface area contributed by atoms with Gasteiger partial charge >= 0.3 is 0 Å². The van der Waals surface area contributed by atoms with Gasteiger partial charge in [0.15, 0.2) is 0 Å². The second kappa shape index (κ2) is 6.09. The zero-order valence-electron chi connectivity index (χ0n) is 7.68. The number of hydrogen-bond acceptors (Lipinski definition) is 1. The minimum atomic E-state index is 0.876. The van der Waals surface area contributed by atoms with Crippen LogP contribution in [0.5, 0.6) is 0 Å². The minimum Gasteiger partial charge on any atom is -0.162 e. The summed E-state index contributed by atoms with van der Waals surface area (Å²) >= 11 is 2.01. The summed E-state index contributed by atoms with van der Waals surface area (Å²) in [6.45, 7) is 6.88. The molecule has 1 heteroatoms. The first-order valence-corrected chi connectivity index (χ1v) is 5.52. The second-order valence-electron chi connectivity index (χ2n) is 3.24. The van der Waals surface area contributed by atoms with Gasteiger partial charge in [-0.05, 0) is 31.4 Å². The molecule has 0 spiro atoms. The highest BCUT2D eigenvalue weighted by atomic mass is 32.2. The van der Waals surface area contributed by atoms with Crippen molar-refractivity contribution < 1.29 is 0 Å². The predicted molar refractivity (Wildman–Crippen MR) is 51.7 cm³/mol. The van der Waals surface area contributed by atoms with E-state index in [4.69, 9.17) is 0 Å². The molecule has 0 saturated heterocycles. The molecule has 10 heavy (non-hydrogen) atoms. The molecule has 62 valence electrons. The van der Waals surface area contributed by atoms with Crippen LogP contribution in [0.4, 0.5) is 0 Å². The van der Waals surface area contributed by atoms with Crippen LogP contribution < -0.4 is 0 Å². The van der Waals surface area contributed by atoms with Crippen molar-refractivity contribution in [2.75, 3.05) is 6.26 Å². The van der Waals surface area contributed by atoms with Gasteiger partial charge in [-0.15, -0.1) is 0 Å². The first-order chi connectivity index (χ1) is 4.70. The largest absolute Gasteiger partial charge is 0.162 e. The van der Waals surface area contributed by atoms with Gasteiger partial charge < -0.3 is 0 Å². The lowest BCUT2D eigenvalue weighted by atomic mass is 10.1. The van der Waals surface area contributed by atoms with Gasteiger partial charge in [-0.25, -0.2) is 0 Å². The Morgan fingerprint density at radius 3 is 2.10 bits per heavy atom. The molecule has 0 aliphatic heterocycles. The first kappa shape index (κ1) is 10.3. The normalized spacial score (nSPS) is 14.1. The Morgan fingerprint density at radius 2 is 1.80 bits per heavy atom. The van der Waals surface area contributed by atoms with Gasteiger partial charge in [-0.2, -0.15) is 11.8 Å². The van der Waals surface area contributed by atoms with Gasteiger partial charge in [0.05, 0.1) is 0 Å². The molecule has 0 radical (unpaired) electrons. The van der Waals surface area contributed by atoms with E-state index in [9.17, 15) is 0 Å². The zero-order valence-corrected chi connectivity index (χ0v) is 8.50. The van der Waals surface area contributed by atoms with Gasteiger partial charge in [0.2, 0.25) is 0 Å². The highest BCUT2D eigenvalue weighted by Gasteiger charge is 2.04. The zero-order chi connectivity index (χ0) is 7.98. The lowest BCUT2D eigenvalue weighted by Gasteiger charge is -2.12. The van der Waals surface area contributed by atoms with Crippen molar-refractivity contribution in [3.05, 3.63) is 0 Å². The van der Waals surface area contributed by atoms with Crippen LogP contribution in [-0.2, 0) is 0 Å². The van der Waals surface area contributed by atoms with Crippen molar-refractivity contribution in [1.29, 1.82) is 0 Å². The molecule has 0 amide bonds. The maximum atomic E-state index is 2.30. The van der Waals surface area contributed by atoms with E-state index in [-0.39, 0.29) is 0 Å². The van der Waals surface area contributed by atoms with E-state index >= 15 is 0 Å². The molecule has 0 bridgehead atoms. The minimum absolute atomic E-state index is 0.876. The van der Waals surface area contributed by atoms with Crippen LogP contribution in [0.3, 0.4) is 0 Å².